The van der Waals surface area contributed by atoms with Gasteiger partial charge in [0.2, 0.25) is 0 Å². The van der Waals surface area contributed by atoms with Gasteiger partial charge in [0.15, 0.2) is 0 Å². The predicted molar refractivity (Wildman–Crippen MR) is 52.4 cm³/mol. The van der Waals surface area contributed by atoms with Crippen LogP contribution in [0.1, 0.15) is 19.8 Å². The van der Waals surface area contributed by atoms with Crippen molar-refractivity contribution in [2.75, 3.05) is 39.8 Å². The number of nitrogens with one attached hydrogen (secondary N) is 1. The summed E-state index contributed by atoms with van der Waals surface area (Å²) in [7, 11) is 1.98. The van der Waals surface area contributed by atoms with E-state index in [1.165, 1.54) is 6.42 Å². The Kier molecular flexibility index (Phi) is 8.88. The van der Waals surface area contributed by atoms with E-state index in [1.807, 2.05) is 7.05 Å². The van der Waals surface area contributed by atoms with Gasteiger partial charge in [0.25, 0.3) is 0 Å². The molecule has 0 radical (unpaired) electrons. The topological polar surface area (TPSA) is 35.5 Å². The minimum absolute atomic E-state index is 0.308. The number of rotatable bonds is 8. The number of aliphatic hydroxyl groups is 1. The van der Waals surface area contributed by atoms with E-state index in [0.29, 0.717) is 6.61 Å². The third-order valence-corrected chi connectivity index (χ3v) is 1.98. The van der Waals surface area contributed by atoms with Crippen molar-refractivity contribution in [3.63, 3.8) is 0 Å². The average molecular weight is 174 g/mol. The van der Waals surface area contributed by atoms with Crippen LogP contribution in [0.3, 0.4) is 0 Å². The van der Waals surface area contributed by atoms with Crippen molar-refractivity contribution < 1.29 is 5.11 Å². The molecule has 0 heterocycles. The molecule has 0 aliphatic heterocycles. The van der Waals surface area contributed by atoms with Crippen LogP contribution >= 0.6 is 0 Å². The van der Waals surface area contributed by atoms with Gasteiger partial charge in [-0.05, 0) is 39.5 Å². The molecule has 0 fully saturated rings. The lowest BCUT2D eigenvalue weighted by molar-refractivity contribution is 0.228. The molecule has 0 aromatic carbocycles. The molecular formula is C9H22N2O. The van der Waals surface area contributed by atoms with E-state index < -0.39 is 0 Å². The molecule has 0 spiro atoms. The Morgan fingerprint density at radius 1 is 1.25 bits per heavy atom. The summed E-state index contributed by atoms with van der Waals surface area (Å²) in [5, 5.41) is 11.8. The Hall–Kier alpha value is -0.120. The summed E-state index contributed by atoms with van der Waals surface area (Å²) in [6.45, 7) is 6.80. The van der Waals surface area contributed by atoms with E-state index in [1.54, 1.807) is 0 Å². The Labute approximate surface area is 75.8 Å². The first-order chi connectivity index (χ1) is 5.85. The lowest BCUT2D eigenvalue weighted by Crippen LogP contribution is -2.28. The van der Waals surface area contributed by atoms with Crippen LogP contribution < -0.4 is 5.32 Å². The largest absolute Gasteiger partial charge is 0.396 e. The molecular weight excluding hydrogens is 152 g/mol. The molecule has 0 amide bonds. The third-order valence-electron chi connectivity index (χ3n) is 1.98. The molecule has 0 aliphatic carbocycles. The van der Waals surface area contributed by atoms with E-state index in [-0.39, 0.29) is 0 Å². The van der Waals surface area contributed by atoms with E-state index in [2.05, 4.69) is 17.1 Å². The van der Waals surface area contributed by atoms with Crippen molar-refractivity contribution in [1.82, 2.24) is 10.2 Å². The Morgan fingerprint density at radius 2 is 1.92 bits per heavy atom. The second-order valence-electron chi connectivity index (χ2n) is 2.97. The van der Waals surface area contributed by atoms with Crippen LogP contribution in [0, 0.1) is 0 Å². The van der Waals surface area contributed by atoms with Crippen molar-refractivity contribution in [3.8, 4) is 0 Å². The summed E-state index contributed by atoms with van der Waals surface area (Å²) in [6, 6.07) is 0. The van der Waals surface area contributed by atoms with Gasteiger partial charge in [-0.15, -0.1) is 0 Å². The van der Waals surface area contributed by atoms with Crippen molar-refractivity contribution in [2.24, 2.45) is 0 Å². The second kappa shape index (κ2) is 8.97. The van der Waals surface area contributed by atoms with Crippen molar-refractivity contribution in [2.45, 2.75) is 19.8 Å². The zero-order valence-electron chi connectivity index (χ0n) is 8.34. The number of hydrogen-bond donors (Lipinski definition) is 2. The minimum Gasteiger partial charge on any atom is -0.396 e. The van der Waals surface area contributed by atoms with Gasteiger partial charge < -0.3 is 15.3 Å². The van der Waals surface area contributed by atoms with Crippen LogP contribution in [0.25, 0.3) is 0 Å². The van der Waals surface area contributed by atoms with Crippen molar-refractivity contribution >= 4 is 0 Å². The zero-order chi connectivity index (χ0) is 9.23. The van der Waals surface area contributed by atoms with Crippen LogP contribution in [0.2, 0.25) is 0 Å². The first-order valence-corrected chi connectivity index (χ1v) is 4.83. The molecule has 12 heavy (non-hydrogen) atoms. The number of nitrogens with zero attached hydrogens (tertiary/aromatic N) is 1. The molecule has 0 rings (SSSR count). The average Bonchev–Trinajstić information content (AvgIpc) is 2.11. The molecule has 0 bridgehead atoms. The van der Waals surface area contributed by atoms with Gasteiger partial charge >= 0.3 is 0 Å². The molecule has 0 saturated carbocycles. The van der Waals surface area contributed by atoms with E-state index in [0.717, 1.165) is 32.6 Å². The summed E-state index contributed by atoms with van der Waals surface area (Å²) in [6.07, 6.45) is 2.09. The van der Waals surface area contributed by atoms with Crippen LogP contribution in [-0.4, -0.2) is 49.8 Å². The van der Waals surface area contributed by atoms with Gasteiger partial charge in [0.1, 0.15) is 0 Å². The molecule has 0 aromatic rings. The summed E-state index contributed by atoms with van der Waals surface area (Å²) >= 11 is 0. The maximum absolute atomic E-state index is 8.64. The van der Waals surface area contributed by atoms with Gasteiger partial charge in [0, 0.05) is 13.2 Å². The van der Waals surface area contributed by atoms with Crippen molar-refractivity contribution in [1.29, 1.82) is 0 Å². The molecule has 0 saturated heterocycles. The highest BCUT2D eigenvalue weighted by Crippen LogP contribution is 1.92. The van der Waals surface area contributed by atoms with E-state index >= 15 is 0 Å². The summed E-state index contributed by atoms with van der Waals surface area (Å²) in [4.78, 5) is 2.37. The highest BCUT2D eigenvalue weighted by Gasteiger charge is 1.99. The van der Waals surface area contributed by atoms with Crippen LogP contribution in [0.15, 0.2) is 0 Å². The van der Waals surface area contributed by atoms with Gasteiger partial charge in [0.05, 0.1) is 0 Å². The highest BCUT2D eigenvalue weighted by atomic mass is 16.3. The first kappa shape index (κ1) is 11.9. The minimum atomic E-state index is 0.308. The lowest BCUT2D eigenvalue weighted by Gasteiger charge is -2.19. The fourth-order valence-corrected chi connectivity index (χ4v) is 1.20. The fourth-order valence-electron chi connectivity index (χ4n) is 1.20. The Morgan fingerprint density at radius 3 is 2.42 bits per heavy atom. The van der Waals surface area contributed by atoms with Gasteiger partial charge in [-0.25, -0.2) is 0 Å². The maximum Gasteiger partial charge on any atom is 0.0443 e. The van der Waals surface area contributed by atoms with Gasteiger partial charge in [-0.3, -0.25) is 0 Å². The standard InChI is InChI=1S/C9H22N2O/c1-3-11(8-5-9-12)7-4-6-10-2/h10,12H,3-9H2,1-2H3. The third kappa shape index (κ3) is 6.58. The second-order valence-corrected chi connectivity index (χ2v) is 2.97. The van der Waals surface area contributed by atoms with Gasteiger partial charge in [-0.2, -0.15) is 0 Å². The fraction of sp³-hybridized carbons (Fsp3) is 1.00. The molecule has 2 N–H and O–H groups in total. The molecule has 0 atom stereocenters. The Balaban J connectivity index is 3.26. The smallest absolute Gasteiger partial charge is 0.0443 e. The normalized spacial score (nSPS) is 11.0. The summed E-state index contributed by atoms with van der Waals surface area (Å²) in [5.74, 6) is 0. The molecule has 74 valence electrons. The van der Waals surface area contributed by atoms with Crippen molar-refractivity contribution in [3.05, 3.63) is 0 Å². The molecule has 0 unspecified atom stereocenters. The molecule has 0 aliphatic rings. The lowest BCUT2D eigenvalue weighted by atomic mass is 10.3. The predicted octanol–water partition coefficient (Wildman–Crippen LogP) is 0.300. The first-order valence-electron chi connectivity index (χ1n) is 4.83. The number of hydrogen-bond acceptors (Lipinski definition) is 3. The van der Waals surface area contributed by atoms with E-state index in [9.17, 15) is 0 Å². The van der Waals surface area contributed by atoms with Crippen LogP contribution in [0.4, 0.5) is 0 Å². The monoisotopic (exact) mass is 174 g/mol. The van der Waals surface area contributed by atoms with Crippen LogP contribution in [-0.2, 0) is 0 Å². The van der Waals surface area contributed by atoms with Gasteiger partial charge in [-0.1, -0.05) is 6.92 Å². The summed E-state index contributed by atoms with van der Waals surface area (Å²) in [5.41, 5.74) is 0. The molecule has 3 nitrogen and oxygen atoms in total. The quantitative estimate of drug-likeness (QED) is 0.520. The number of aliphatic hydroxyl groups excluding tert-OH is 1. The SMILES string of the molecule is CCN(CCCO)CCCNC. The zero-order valence-corrected chi connectivity index (χ0v) is 8.34. The summed E-state index contributed by atoms with van der Waals surface area (Å²) < 4.78 is 0. The Bertz CT molecular complexity index is 88.6. The maximum atomic E-state index is 8.64. The van der Waals surface area contributed by atoms with Crippen LogP contribution in [0.5, 0.6) is 0 Å². The molecule has 3 heteroatoms. The van der Waals surface area contributed by atoms with E-state index in [4.69, 9.17) is 5.11 Å². The molecule has 0 aromatic heterocycles. The highest BCUT2D eigenvalue weighted by molar-refractivity contribution is 4.55.